The Morgan fingerprint density at radius 1 is 0.900 bits per heavy atom. The van der Waals surface area contributed by atoms with Crippen LogP contribution in [0, 0.1) is 5.92 Å². The van der Waals surface area contributed by atoms with Gasteiger partial charge < -0.3 is 14.3 Å². The zero-order valence-corrected chi connectivity index (χ0v) is 16.9. The van der Waals surface area contributed by atoms with Crippen molar-refractivity contribution in [2.75, 3.05) is 26.2 Å². The number of piperidine rings is 1. The highest BCUT2D eigenvalue weighted by Crippen LogP contribution is 2.30. The van der Waals surface area contributed by atoms with Gasteiger partial charge in [-0.1, -0.05) is 35.5 Å². The van der Waals surface area contributed by atoms with Crippen LogP contribution in [0.15, 0.2) is 53.1 Å². The summed E-state index contributed by atoms with van der Waals surface area (Å²) in [6, 6.07) is 15.3. The van der Waals surface area contributed by atoms with E-state index in [2.05, 4.69) is 5.16 Å². The molecule has 3 heterocycles. The van der Waals surface area contributed by atoms with Crippen LogP contribution >= 0.6 is 0 Å². The van der Waals surface area contributed by atoms with E-state index >= 15 is 0 Å². The van der Waals surface area contributed by atoms with Crippen LogP contribution in [0.4, 0.5) is 0 Å². The second-order valence-electron chi connectivity index (χ2n) is 8.21. The number of hydrogen-bond donors (Lipinski definition) is 0. The number of carbonyl (C=O) groups excluding carboxylic acids is 2. The summed E-state index contributed by atoms with van der Waals surface area (Å²) in [7, 11) is 0. The standard InChI is InChI=1S/C24H25N3O3/c28-23(26-12-4-5-13-26)18-10-14-27(15-11-18)24(29)19-8-9-21-20(16-19)22(30-25-21)17-6-2-1-3-7-17/h1-3,6-9,16,18H,4-5,10-15H2. The molecule has 0 N–H and O–H groups in total. The van der Waals surface area contributed by atoms with E-state index in [4.69, 9.17) is 4.52 Å². The summed E-state index contributed by atoms with van der Waals surface area (Å²) in [5.41, 5.74) is 2.30. The molecule has 1 aromatic heterocycles. The van der Waals surface area contributed by atoms with Crippen LogP contribution in [0.1, 0.15) is 36.0 Å². The average Bonchev–Trinajstić information content (AvgIpc) is 3.48. The molecule has 0 aliphatic carbocycles. The van der Waals surface area contributed by atoms with Crippen LogP contribution in [0.3, 0.4) is 0 Å². The Labute approximate surface area is 175 Å². The molecule has 0 saturated carbocycles. The molecule has 2 amide bonds. The van der Waals surface area contributed by atoms with Gasteiger partial charge in [0.15, 0.2) is 5.76 Å². The number of nitrogens with zero attached hydrogens (tertiary/aromatic N) is 3. The molecule has 0 spiro atoms. The summed E-state index contributed by atoms with van der Waals surface area (Å²) in [5.74, 6) is 1.01. The third-order valence-electron chi connectivity index (χ3n) is 6.31. The lowest BCUT2D eigenvalue weighted by Crippen LogP contribution is -2.43. The summed E-state index contributed by atoms with van der Waals surface area (Å²) >= 11 is 0. The smallest absolute Gasteiger partial charge is 0.253 e. The highest BCUT2D eigenvalue weighted by Gasteiger charge is 2.31. The van der Waals surface area contributed by atoms with Gasteiger partial charge in [0.1, 0.15) is 5.52 Å². The Hall–Kier alpha value is -3.15. The van der Waals surface area contributed by atoms with E-state index in [-0.39, 0.29) is 17.7 Å². The lowest BCUT2D eigenvalue weighted by Gasteiger charge is -2.33. The van der Waals surface area contributed by atoms with Gasteiger partial charge in [0, 0.05) is 43.2 Å². The monoisotopic (exact) mass is 403 g/mol. The summed E-state index contributed by atoms with van der Waals surface area (Å²) < 4.78 is 5.55. The number of carbonyl (C=O) groups is 2. The van der Waals surface area contributed by atoms with E-state index in [1.807, 2.05) is 58.3 Å². The average molecular weight is 403 g/mol. The van der Waals surface area contributed by atoms with E-state index in [1.165, 1.54) is 0 Å². The molecule has 30 heavy (non-hydrogen) atoms. The van der Waals surface area contributed by atoms with Crippen molar-refractivity contribution in [2.45, 2.75) is 25.7 Å². The van der Waals surface area contributed by atoms with Gasteiger partial charge in [-0.25, -0.2) is 0 Å². The molecule has 0 atom stereocenters. The second kappa shape index (κ2) is 7.94. The second-order valence-corrected chi connectivity index (χ2v) is 8.21. The minimum atomic E-state index is 0.00387. The Morgan fingerprint density at radius 3 is 2.37 bits per heavy atom. The lowest BCUT2D eigenvalue weighted by molar-refractivity contribution is -0.135. The molecule has 5 rings (SSSR count). The van der Waals surface area contributed by atoms with Gasteiger partial charge >= 0.3 is 0 Å². The molecular formula is C24H25N3O3. The van der Waals surface area contributed by atoms with Crippen molar-refractivity contribution in [3.8, 4) is 11.3 Å². The quantitative estimate of drug-likeness (QED) is 0.664. The van der Waals surface area contributed by atoms with Crippen molar-refractivity contribution in [3.63, 3.8) is 0 Å². The molecule has 3 aromatic rings. The Kier molecular flexibility index (Phi) is 4.99. The summed E-state index contributed by atoms with van der Waals surface area (Å²) in [5, 5.41) is 4.97. The molecule has 0 bridgehead atoms. The van der Waals surface area contributed by atoms with E-state index in [9.17, 15) is 9.59 Å². The van der Waals surface area contributed by atoms with Gasteiger partial charge in [0.2, 0.25) is 5.91 Å². The third kappa shape index (κ3) is 3.47. The Balaban J connectivity index is 1.31. The van der Waals surface area contributed by atoms with Crippen LogP contribution in [0.2, 0.25) is 0 Å². The van der Waals surface area contributed by atoms with E-state index in [0.717, 1.165) is 55.2 Å². The number of benzene rings is 2. The predicted octanol–water partition coefficient (Wildman–Crippen LogP) is 3.97. The largest absolute Gasteiger partial charge is 0.355 e. The minimum absolute atomic E-state index is 0.00387. The van der Waals surface area contributed by atoms with Crippen LogP contribution in [0.25, 0.3) is 22.2 Å². The molecule has 0 radical (unpaired) electrons. The van der Waals surface area contributed by atoms with Crippen molar-refractivity contribution in [3.05, 3.63) is 54.1 Å². The van der Waals surface area contributed by atoms with Crippen molar-refractivity contribution in [1.29, 1.82) is 0 Å². The number of amides is 2. The lowest BCUT2D eigenvalue weighted by atomic mass is 9.94. The van der Waals surface area contributed by atoms with Crippen molar-refractivity contribution in [2.24, 2.45) is 5.92 Å². The summed E-state index contributed by atoms with van der Waals surface area (Å²) in [4.78, 5) is 29.6. The topological polar surface area (TPSA) is 66.7 Å². The highest BCUT2D eigenvalue weighted by atomic mass is 16.5. The first kappa shape index (κ1) is 18.9. The summed E-state index contributed by atoms with van der Waals surface area (Å²) in [6.45, 7) is 3.02. The van der Waals surface area contributed by atoms with Crippen LogP contribution in [-0.4, -0.2) is 52.9 Å². The molecule has 2 aliphatic heterocycles. The molecule has 2 aliphatic rings. The first-order valence-electron chi connectivity index (χ1n) is 10.7. The minimum Gasteiger partial charge on any atom is -0.355 e. The van der Waals surface area contributed by atoms with Crippen molar-refractivity contribution < 1.29 is 14.1 Å². The predicted molar refractivity (Wildman–Crippen MR) is 114 cm³/mol. The molecule has 2 saturated heterocycles. The molecule has 2 aromatic carbocycles. The Morgan fingerprint density at radius 2 is 1.63 bits per heavy atom. The maximum absolute atomic E-state index is 13.1. The first-order valence-corrected chi connectivity index (χ1v) is 10.7. The number of fused-ring (bicyclic) bond motifs is 1. The van der Waals surface area contributed by atoms with Gasteiger partial charge in [-0.3, -0.25) is 9.59 Å². The fourth-order valence-electron chi connectivity index (χ4n) is 4.58. The third-order valence-corrected chi connectivity index (χ3v) is 6.31. The van der Waals surface area contributed by atoms with Crippen LogP contribution < -0.4 is 0 Å². The molecular weight excluding hydrogens is 378 g/mol. The van der Waals surface area contributed by atoms with Crippen molar-refractivity contribution >= 4 is 22.7 Å². The zero-order valence-electron chi connectivity index (χ0n) is 16.9. The summed E-state index contributed by atoms with van der Waals surface area (Å²) in [6.07, 6.45) is 3.70. The first-order chi connectivity index (χ1) is 14.7. The van der Waals surface area contributed by atoms with Gasteiger partial charge in [-0.05, 0) is 43.9 Å². The van der Waals surface area contributed by atoms with Gasteiger partial charge in [0.25, 0.3) is 5.91 Å². The van der Waals surface area contributed by atoms with Crippen molar-refractivity contribution in [1.82, 2.24) is 15.0 Å². The maximum atomic E-state index is 13.1. The van der Waals surface area contributed by atoms with E-state index in [0.29, 0.717) is 24.4 Å². The number of hydrogen-bond acceptors (Lipinski definition) is 4. The van der Waals surface area contributed by atoms with Crippen LogP contribution in [-0.2, 0) is 4.79 Å². The molecule has 2 fully saturated rings. The van der Waals surface area contributed by atoms with E-state index < -0.39 is 0 Å². The Bertz CT molecular complexity index is 1060. The SMILES string of the molecule is O=C(c1ccc2noc(-c3ccccc3)c2c1)N1CCC(C(=O)N2CCCC2)CC1. The number of aromatic nitrogens is 1. The van der Waals surface area contributed by atoms with Gasteiger partial charge in [0.05, 0.1) is 5.39 Å². The molecule has 0 unspecified atom stereocenters. The number of rotatable bonds is 3. The van der Waals surface area contributed by atoms with Gasteiger partial charge in [-0.2, -0.15) is 0 Å². The molecule has 6 heteroatoms. The maximum Gasteiger partial charge on any atom is 0.253 e. The molecule has 154 valence electrons. The molecule has 6 nitrogen and oxygen atoms in total. The van der Waals surface area contributed by atoms with Crippen LogP contribution in [0.5, 0.6) is 0 Å². The number of likely N-dealkylation sites (tertiary alicyclic amines) is 2. The zero-order chi connectivity index (χ0) is 20.5. The fraction of sp³-hybridized carbons (Fsp3) is 0.375. The fourth-order valence-corrected chi connectivity index (χ4v) is 4.58. The normalized spacial score (nSPS) is 17.6. The van der Waals surface area contributed by atoms with Gasteiger partial charge in [-0.15, -0.1) is 0 Å². The highest BCUT2D eigenvalue weighted by molar-refractivity contribution is 6.01. The van der Waals surface area contributed by atoms with E-state index in [1.54, 1.807) is 0 Å².